The molecule has 2 aromatic carbocycles. The van der Waals surface area contributed by atoms with Crippen LogP contribution in [-0.4, -0.2) is 42.5 Å². The van der Waals surface area contributed by atoms with E-state index in [2.05, 4.69) is 14.6 Å². The molecule has 0 saturated heterocycles. The van der Waals surface area contributed by atoms with Crippen molar-refractivity contribution < 1.29 is 44.0 Å². The topological polar surface area (TPSA) is 119 Å². The van der Waals surface area contributed by atoms with Crippen LogP contribution in [0.25, 0.3) is 11.5 Å². The molecule has 0 saturated carbocycles. The van der Waals surface area contributed by atoms with Gasteiger partial charge >= 0.3 is 12.1 Å². The Hall–Kier alpha value is -3.17. The molecule has 2 heterocycles. The van der Waals surface area contributed by atoms with Crippen molar-refractivity contribution in [1.29, 1.82) is 0 Å². The predicted molar refractivity (Wildman–Crippen MR) is 112 cm³/mol. The van der Waals surface area contributed by atoms with Gasteiger partial charge < -0.3 is 15.1 Å². The third-order valence-electron chi connectivity index (χ3n) is 5.19. The maximum absolute atomic E-state index is 14.9. The number of sulfone groups is 1. The first-order chi connectivity index (χ1) is 16.6. The minimum absolute atomic E-state index is 0.265. The van der Waals surface area contributed by atoms with Crippen LogP contribution in [0.15, 0.2) is 45.7 Å². The Kier molecular flexibility index (Phi) is 6.29. The lowest BCUT2D eigenvalue weighted by molar-refractivity contribution is -0.297. The van der Waals surface area contributed by atoms with E-state index in [0.717, 1.165) is 11.0 Å². The van der Waals surface area contributed by atoms with Gasteiger partial charge in [0.2, 0.25) is 5.91 Å². The molecule has 0 fully saturated rings. The summed E-state index contributed by atoms with van der Waals surface area (Å²) in [5.74, 6) is -11.9. The Bertz CT molecular complexity index is 1440. The Labute approximate surface area is 203 Å². The van der Waals surface area contributed by atoms with Gasteiger partial charge in [0.15, 0.2) is 9.84 Å². The van der Waals surface area contributed by atoms with Crippen molar-refractivity contribution in [3.63, 3.8) is 0 Å². The van der Waals surface area contributed by atoms with Crippen LogP contribution in [0.5, 0.6) is 0 Å². The molecule has 0 aliphatic carbocycles. The van der Waals surface area contributed by atoms with E-state index in [1.54, 1.807) is 0 Å². The zero-order valence-corrected chi connectivity index (χ0v) is 19.1. The molecule has 2 N–H and O–H groups in total. The fourth-order valence-electron chi connectivity index (χ4n) is 3.40. The molecular formula is C20H13ClF6N4O4S. The van der Waals surface area contributed by atoms with E-state index in [4.69, 9.17) is 17.3 Å². The lowest BCUT2D eigenvalue weighted by Crippen LogP contribution is -2.45. The van der Waals surface area contributed by atoms with Gasteiger partial charge in [-0.15, -0.1) is 10.2 Å². The molecule has 4 rings (SSSR count). The molecule has 0 radical (unpaired) electrons. The summed E-state index contributed by atoms with van der Waals surface area (Å²) in [6, 6.07) is 5.70. The molecule has 0 unspecified atom stereocenters. The Morgan fingerprint density at radius 2 is 1.75 bits per heavy atom. The summed E-state index contributed by atoms with van der Waals surface area (Å²) in [5.41, 5.74) is 4.99. The van der Waals surface area contributed by atoms with E-state index in [1.165, 1.54) is 24.3 Å². The zero-order valence-electron chi connectivity index (χ0n) is 17.6. The number of rotatable bonds is 4. The van der Waals surface area contributed by atoms with E-state index in [9.17, 15) is 39.6 Å². The normalized spacial score (nSPS) is 18.2. The summed E-state index contributed by atoms with van der Waals surface area (Å²) in [6.45, 7) is -0.265. The third-order valence-corrected chi connectivity index (χ3v) is 7.24. The number of carbonyl (C=O) groups excluding carboxylic acids is 1. The van der Waals surface area contributed by atoms with E-state index in [1.807, 2.05) is 0 Å². The number of anilines is 1. The average Bonchev–Trinajstić information content (AvgIpc) is 3.26. The van der Waals surface area contributed by atoms with Gasteiger partial charge in [0.25, 0.3) is 11.8 Å². The van der Waals surface area contributed by atoms with Crippen LogP contribution in [0.1, 0.15) is 11.5 Å². The highest BCUT2D eigenvalue weighted by Gasteiger charge is 2.63. The van der Waals surface area contributed by atoms with Gasteiger partial charge in [0.1, 0.15) is 5.82 Å². The predicted octanol–water partition coefficient (Wildman–Crippen LogP) is 3.83. The van der Waals surface area contributed by atoms with Crippen LogP contribution in [0.3, 0.4) is 0 Å². The van der Waals surface area contributed by atoms with Crippen molar-refractivity contribution in [3.05, 3.63) is 58.7 Å². The lowest BCUT2D eigenvalue weighted by atomic mass is 10.1. The minimum Gasteiger partial charge on any atom is -0.414 e. The number of nitrogens with zero attached hydrogens (tertiary/aromatic N) is 3. The third kappa shape index (κ3) is 4.53. The monoisotopic (exact) mass is 554 g/mol. The first kappa shape index (κ1) is 25.9. The lowest BCUT2D eigenvalue weighted by Gasteiger charge is -2.24. The highest BCUT2D eigenvalue weighted by Crippen LogP contribution is 2.44. The van der Waals surface area contributed by atoms with E-state index in [-0.39, 0.29) is 6.54 Å². The van der Waals surface area contributed by atoms with Gasteiger partial charge in [0, 0.05) is 5.02 Å². The molecule has 8 nitrogen and oxygen atoms in total. The number of alkyl halides is 5. The summed E-state index contributed by atoms with van der Waals surface area (Å²) in [5, 5.41) is 6.10. The molecule has 0 spiro atoms. The van der Waals surface area contributed by atoms with Crippen LogP contribution < -0.4 is 10.6 Å². The van der Waals surface area contributed by atoms with Crippen molar-refractivity contribution in [3.8, 4) is 11.5 Å². The molecule has 1 atom stereocenters. The fourth-order valence-corrected chi connectivity index (χ4v) is 5.09. The van der Waals surface area contributed by atoms with E-state index >= 15 is 0 Å². The van der Waals surface area contributed by atoms with Crippen molar-refractivity contribution in [2.45, 2.75) is 29.6 Å². The first-order valence-corrected chi connectivity index (χ1v) is 11.8. The van der Waals surface area contributed by atoms with Crippen molar-refractivity contribution in [1.82, 2.24) is 10.2 Å². The molecule has 1 aromatic heterocycles. The first-order valence-electron chi connectivity index (χ1n) is 9.78. The van der Waals surface area contributed by atoms with Crippen LogP contribution in [0, 0.1) is 5.82 Å². The number of amides is 1. The van der Waals surface area contributed by atoms with E-state index < -0.39 is 73.4 Å². The molecule has 0 bridgehead atoms. The maximum atomic E-state index is 14.9. The molecule has 192 valence electrons. The van der Waals surface area contributed by atoms with Gasteiger partial charge in [-0.2, -0.15) is 22.0 Å². The molecule has 3 aromatic rings. The summed E-state index contributed by atoms with van der Waals surface area (Å²) in [4.78, 5) is 13.2. The standard InChI is InChI=1S/C20H13ClF6N4O4S/c21-10-3-1-9(2-4-10)7-31-14-5-11(16-29-30-18(35-16)19(23,24)20(25,26)27)12(22)6-15(14)36(33,34)8-13(28)17(31)32/h1-6,13H,7-8,28H2/t13-/m0/s1. The van der Waals surface area contributed by atoms with Gasteiger partial charge in [-0.3, -0.25) is 4.79 Å². The summed E-state index contributed by atoms with van der Waals surface area (Å²) >= 11 is 5.85. The second kappa shape index (κ2) is 8.74. The van der Waals surface area contributed by atoms with Crippen molar-refractivity contribution in [2.24, 2.45) is 5.73 Å². The number of halogens is 7. The SMILES string of the molecule is N[C@H]1CS(=O)(=O)c2cc(F)c(-c3nnc(C(F)(F)C(F)(F)F)o3)cc2N(Cc2ccc(Cl)cc2)C1=O. The highest BCUT2D eigenvalue weighted by molar-refractivity contribution is 7.91. The molecule has 16 heteroatoms. The Morgan fingerprint density at radius 3 is 2.36 bits per heavy atom. The van der Waals surface area contributed by atoms with Crippen LogP contribution in [0.4, 0.5) is 32.0 Å². The smallest absolute Gasteiger partial charge is 0.414 e. The van der Waals surface area contributed by atoms with Gasteiger partial charge in [-0.05, 0) is 29.8 Å². The largest absolute Gasteiger partial charge is 0.463 e. The quantitative estimate of drug-likeness (QED) is 0.487. The highest BCUT2D eigenvalue weighted by atomic mass is 35.5. The number of benzene rings is 2. The number of nitrogens with two attached hydrogens (primary N) is 1. The van der Waals surface area contributed by atoms with Crippen LogP contribution in [0.2, 0.25) is 5.02 Å². The molecule has 1 aliphatic heterocycles. The van der Waals surface area contributed by atoms with Crippen LogP contribution >= 0.6 is 11.6 Å². The number of carbonyl (C=O) groups is 1. The molecule has 36 heavy (non-hydrogen) atoms. The fraction of sp³-hybridized carbons (Fsp3) is 0.250. The Balaban J connectivity index is 1.88. The summed E-state index contributed by atoms with van der Waals surface area (Å²) < 4.78 is 110. The van der Waals surface area contributed by atoms with Gasteiger partial charge in [-0.25, -0.2) is 12.8 Å². The summed E-state index contributed by atoms with van der Waals surface area (Å²) in [6.07, 6.45) is -6.07. The van der Waals surface area contributed by atoms with Gasteiger partial charge in [-0.1, -0.05) is 23.7 Å². The molecule has 1 aliphatic rings. The number of hydrogen-bond donors (Lipinski definition) is 1. The second-order valence-electron chi connectivity index (χ2n) is 7.72. The zero-order chi connectivity index (χ0) is 26.6. The van der Waals surface area contributed by atoms with Crippen molar-refractivity contribution >= 4 is 33.0 Å². The molecular weight excluding hydrogens is 542 g/mol. The average molecular weight is 555 g/mol. The maximum Gasteiger partial charge on any atom is 0.463 e. The van der Waals surface area contributed by atoms with Crippen LogP contribution in [-0.2, 0) is 27.1 Å². The van der Waals surface area contributed by atoms with Gasteiger partial charge in [0.05, 0.1) is 34.5 Å². The number of hydrogen-bond acceptors (Lipinski definition) is 7. The number of aromatic nitrogens is 2. The number of fused-ring (bicyclic) bond motifs is 1. The molecule has 1 amide bonds. The second-order valence-corrected chi connectivity index (χ2v) is 10.2. The van der Waals surface area contributed by atoms with E-state index in [0.29, 0.717) is 16.7 Å². The summed E-state index contributed by atoms with van der Waals surface area (Å²) in [7, 11) is -4.34. The minimum atomic E-state index is -6.07. The Morgan fingerprint density at radius 1 is 1.11 bits per heavy atom. The van der Waals surface area contributed by atoms with Crippen molar-refractivity contribution in [2.75, 3.05) is 10.7 Å².